The van der Waals surface area contributed by atoms with Gasteiger partial charge in [0, 0.05) is 6.54 Å². The van der Waals surface area contributed by atoms with Gasteiger partial charge in [-0.2, -0.15) is 0 Å². The van der Waals surface area contributed by atoms with Gasteiger partial charge in [0.1, 0.15) is 6.61 Å². The number of rotatable bonds is 4. The fraction of sp³-hybridized carbons (Fsp3) is 0.714. The van der Waals surface area contributed by atoms with Crippen LogP contribution in [0.3, 0.4) is 0 Å². The molecule has 74 valence electrons. The zero-order chi connectivity index (χ0) is 9.68. The smallest absolute Gasteiger partial charge is 0.407 e. The SMILES string of the molecule is NCCC(=O)OC[C@H]1CNC(=O)O1. The number of esters is 1. The molecule has 3 N–H and O–H groups in total. The molecule has 0 aromatic rings. The molecule has 0 bridgehead atoms. The molecule has 6 nitrogen and oxygen atoms in total. The molecule has 0 spiro atoms. The zero-order valence-electron chi connectivity index (χ0n) is 7.12. The molecular formula is C7H12N2O4. The fourth-order valence-electron chi connectivity index (χ4n) is 0.901. The minimum atomic E-state index is -0.472. The van der Waals surface area contributed by atoms with Crippen LogP contribution in [0.5, 0.6) is 0 Å². The first-order valence-corrected chi connectivity index (χ1v) is 4.02. The molecule has 6 heteroatoms. The highest BCUT2D eigenvalue weighted by Crippen LogP contribution is 2.00. The van der Waals surface area contributed by atoms with Crippen LogP contribution in [0.25, 0.3) is 0 Å². The lowest BCUT2D eigenvalue weighted by Crippen LogP contribution is -2.23. The van der Waals surface area contributed by atoms with Crippen LogP contribution in [0.1, 0.15) is 6.42 Å². The van der Waals surface area contributed by atoms with Crippen molar-refractivity contribution in [1.29, 1.82) is 0 Å². The summed E-state index contributed by atoms with van der Waals surface area (Å²) in [5.41, 5.74) is 5.14. The van der Waals surface area contributed by atoms with Crippen molar-refractivity contribution in [3.63, 3.8) is 0 Å². The monoisotopic (exact) mass is 188 g/mol. The highest BCUT2D eigenvalue weighted by atomic mass is 16.6. The van der Waals surface area contributed by atoms with Gasteiger partial charge in [-0.15, -0.1) is 0 Å². The van der Waals surface area contributed by atoms with E-state index in [4.69, 9.17) is 15.2 Å². The molecule has 1 rings (SSSR count). The second kappa shape index (κ2) is 4.66. The summed E-state index contributed by atoms with van der Waals surface area (Å²) >= 11 is 0. The van der Waals surface area contributed by atoms with E-state index in [0.717, 1.165) is 0 Å². The van der Waals surface area contributed by atoms with E-state index in [1.54, 1.807) is 0 Å². The van der Waals surface area contributed by atoms with Gasteiger partial charge in [-0.25, -0.2) is 4.79 Å². The molecule has 13 heavy (non-hydrogen) atoms. The Kier molecular flexibility index (Phi) is 3.51. The first kappa shape index (κ1) is 9.79. The van der Waals surface area contributed by atoms with Crippen molar-refractivity contribution in [2.45, 2.75) is 12.5 Å². The maximum absolute atomic E-state index is 10.8. The molecule has 0 radical (unpaired) electrons. The fourth-order valence-corrected chi connectivity index (χ4v) is 0.901. The minimum absolute atomic E-state index is 0.0948. The molecule has 0 aromatic heterocycles. The van der Waals surface area contributed by atoms with E-state index in [0.29, 0.717) is 6.54 Å². The van der Waals surface area contributed by atoms with Crippen LogP contribution in [-0.2, 0) is 14.3 Å². The van der Waals surface area contributed by atoms with Crippen LogP contribution >= 0.6 is 0 Å². The van der Waals surface area contributed by atoms with E-state index in [9.17, 15) is 9.59 Å². The van der Waals surface area contributed by atoms with Crippen molar-refractivity contribution >= 4 is 12.1 Å². The number of ether oxygens (including phenoxy) is 2. The van der Waals surface area contributed by atoms with E-state index in [2.05, 4.69) is 5.32 Å². The Balaban J connectivity index is 2.12. The van der Waals surface area contributed by atoms with Crippen LogP contribution in [0.15, 0.2) is 0 Å². The average molecular weight is 188 g/mol. The van der Waals surface area contributed by atoms with Crippen molar-refractivity contribution in [1.82, 2.24) is 5.32 Å². The molecule has 0 aromatic carbocycles. The lowest BCUT2D eigenvalue weighted by molar-refractivity contribution is -0.145. The van der Waals surface area contributed by atoms with E-state index in [-0.39, 0.29) is 31.6 Å². The molecule has 1 aliphatic heterocycles. The largest absolute Gasteiger partial charge is 0.462 e. The number of cyclic esters (lactones) is 1. The van der Waals surface area contributed by atoms with Gasteiger partial charge < -0.3 is 20.5 Å². The Morgan fingerprint density at radius 2 is 2.54 bits per heavy atom. The summed E-state index contributed by atoms with van der Waals surface area (Å²) in [6.45, 7) is 0.744. The number of nitrogens with one attached hydrogen (secondary N) is 1. The highest BCUT2D eigenvalue weighted by Gasteiger charge is 2.23. The Bertz CT molecular complexity index is 207. The third kappa shape index (κ3) is 3.29. The van der Waals surface area contributed by atoms with Crippen molar-refractivity contribution in [2.75, 3.05) is 19.7 Å². The van der Waals surface area contributed by atoms with Crippen LogP contribution in [-0.4, -0.2) is 37.9 Å². The molecule has 1 saturated heterocycles. The summed E-state index contributed by atoms with van der Waals surface area (Å²) < 4.78 is 9.51. The Hall–Kier alpha value is -1.30. The van der Waals surface area contributed by atoms with Crippen LogP contribution in [0.2, 0.25) is 0 Å². The number of hydrogen-bond donors (Lipinski definition) is 2. The zero-order valence-corrected chi connectivity index (χ0v) is 7.12. The average Bonchev–Trinajstić information content (AvgIpc) is 2.49. The minimum Gasteiger partial charge on any atom is -0.462 e. The van der Waals surface area contributed by atoms with E-state index in [1.807, 2.05) is 0 Å². The van der Waals surface area contributed by atoms with Gasteiger partial charge in [-0.3, -0.25) is 4.79 Å². The molecule has 0 saturated carbocycles. The van der Waals surface area contributed by atoms with Crippen LogP contribution in [0.4, 0.5) is 4.79 Å². The van der Waals surface area contributed by atoms with E-state index >= 15 is 0 Å². The summed E-state index contributed by atoms with van der Waals surface area (Å²) in [6.07, 6.45) is -0.650. The first-order chi connectivity index (χ1) is 6.22. The third-order valence-corrected chi connectivity index (χ3v) is 1.53. The maximum atomic E-state index is 10.8. The molecule has 1 fully saturated rings. The normalized spacial score (nSPS) is 20.7. The Morgan fingerprint density at radius 1 is 1.77 bits per heavy atom. The van der Waals surface area contributed by atoms with Crippen LogP contribution < -0.4 is 11.1 Å². The van der Waals surface area contributed by atoms with Crippen molar-refractivity contribution < 1.29 is 19.1 Å². The summed E-state index contributed by atoms with van der Waals surface area (Å²) in [6, 6.07) is 0. The molecule has 1 amide bonds. The number of nitrogens with two attached hydrogens (primary N) is 1. The van der Waals surface area contributed by atoms with Crippen LogP contribution in [0, 0.1) is 0 Å². The molecule has 1 aliphatic rings. The maximum Gasteiger partial charge on any atom is 0.407 e. The van der Waals surface area contributed by atoms with Gasteiger partial charge in [0.05, 0.1) is 13.0 Å². The lowest BCUT2D eigenvalue weighted by atomic mass is 10.4. The Morgan fingerprint density at radius 3 is 3.08 bits per heavy atom. The van der Waals surface area contributed by atoms with Crippen molar-refractivity contribution in [2.24, 2.45) is 5.73 Å². The second-order valence-corrected chi connectivity index (χ2v) is 2.63. The number of amides is 1. The third-order valence-electron chi connectivity index (χ3n) is 1.53. The number of alkyl carbamates (subject to hydrolysis) is 1. The molecule has 0 aliphatic carbocycles. The quantitative estimate of drug-likeness (QED) is 0.551. The molecule has 1 heterocycles. The molecule has 0 unspecified atom stereocenters. The molecule has 1 atom stereocenters. The number of hydrogen-bond acceptors (Lipinski definition) is 5. The Labute approximate surface area is 75.4 Å². The van der Waals surface area contributed by atoms with Gasteiger partial charge in [-0.1, -0.05) is 0 Å². The standard InChI is InChI=1S/C7H12N2O4/c8-2-1-6(10)12-4-5-3-9-7(11)13-5/h5H,1-4,8H2,(H,9,11)/t5-/m1/s1. The summed E-state index contributed by atoms with van der Waals surface area (Å²) in [5, 5.41) is 2.45. The van der Waals surface area contributed by atoms with Gasteiger partial charge in [0.25, 0.3) is 0 Å². The van der Waals surface area contributed by atoms with Gasteiger partial charge in [0.15, 0.2) is 6.10 Å². The number of carbonyl (C=O) groups is 2. The number of carbonyl (C=O) groups excluding carboxylic acids is 2. The lowest BCUT2D eigenvalue weighted by Gasteiger charge is -2.07. The van der Waals surface area contributed by atoms with E-state index in [1.165, 1.54) is 0 Å². The van der Waals surface area contributed by atoms with Crippen molar-refractivity contribution in [3.8, 4) is 0 Å². The van der Waals surface area contributed by atoms with Gasteiger partial charge in [0.2, 0.25) is 0 Å². The van der Waals surface area contributed by atoms with Gasteiger partial charge >= 0.3 is 12.1 Å². The predicted octanol–water partition coefficient (Wildman–Crippen LogP) is -1.01. The van der Waals surface area contributed by atoms with Crippen molar-refractivity contribution in [3.05, 3.63) is 0 Å². The molecular weight excluding hydrogens is 176 g/mol. The summed E-state index contributed by atoms with van der Waals surface area (Å²) in [5.74, 6) is -0.370. The highest BCUT2D eigenvalue weighted by molar-refractivity contribution is 5.70. The summed E-state index contributed by atoms with van der Waals surface area (Å²) in [7, 11) is 0. The van der Waals surface area contributed by atoms with E-state index < -0.39 is 6.09 Å². The topological polar surface area (TPSA) is 90.7 Å². The predicted molar refractivity (Wildman–Crippen MR) is 42.9 cm³/mol. The summed E-state index contributed by atoms with van der Waals surface area (Å²) in [4.78, 5) is 21.3. The first-order valence-electron chi connectivity index (χ1n) is 4.02. The second-order valence-electron chi connectivity index (χ2n) is 2.63. The van der Waals surface area contributed by atoms with Gasteiger partial charge in [-0.05, 0) is 0 Å².